The Balaban J connectivity index is 1.71. The van der Waals surface area contributed by atoms with Gasteiger partial charge in [0.25, 0.3) is 11.8 Å². The van der Waals surface area contributed by atoms with Crippen LogP contribution in [-0.4, -0.2) is 29.0 Å². The van der Waals surface area contributed by atoms with E-state index >= 15 is 0 Å². The Morgan fingerprint density at radius 2 is 1.97 bits per heavy atom. The van der Waals surface area contributed by atoms with Gasteiger partial charge in [-0.15, -0.1) is 0 Å². The normalized spacial score (nSPS) is 15.1. The number of amides is 2. The lowest BCUT2D eigenvalue weighted by Crippen LogP contribution is -2.35. The Hall–Kier alpha value is -3.58. The number of hydrazine groups is 1. The van der Waals surface area contributed by atoms with Gasteiger partial charge in [0.15, 0.2) is 0 Å². The molecule has 30 heavy (non-hydrogen) atoms. The number of hydrogen-bond acceptors (Lipinski definition) is 4. The van der Waals surface area contributed by atoms with Crippen molar-refractivity contribution in [3.8, 4) is 0 Å². The fourth-order valence-corrected chi connectivity index (χ4v) is 3.56. The quantitative estimate of drug-likeness (QED) is 0.388. The van der Waals surface area contributed by atoms with Crippen LogP contribution in [0.15, 0.2) is 60.3 Å². The third kappa shape index (κ3) is 3.67. The van der Waals surface area contributed by atoms with Crippen molar-refractivity contribution in [1.82, 2.24) is 9.99 Å². The predicted molar refractivity (Wildman–Crippen MR) is 114 cm³/mol. The van der Waals surface area contributed by atoms with E-state index in [9.17, 15) is 14.4 Å². The van der Waals surface area contributed by atoms with Gasteiger partial charge in [-0.3, -0.25) is 19.8 Å². The van der Waals surface area contributed by atoms with E-state index in [4.69, 9.17) is 16.3 Å². The molecule has 0 bridgehead atoms. The molecule has 8 heteroatoms. The van der Waals surface area contributed by atoms with Gasteiger partial charge in [0, 0.05) is 27.7 Å². The van der Waals surface area contributed by atoms with Gasteiger partial charge >= 0.3 is 5.97 Å². The van der Waals surface area contributed by atoms with Crippen LogP contribution in [0.25, 0.3) is 17.0 Å². The molecule has 0 atom stereocenters. The summed E-state index contributed by atoms with van der Waals surface area (Å²) in [4.78, 5) is 37.3. The number of rotatable bonds is 5. The highest BCUT2D eigenvalue weighted by atomic mass is 35.5. The molecule has 2 amide bonds. The van der Waals surface area contributed by atoms with Gasteiger partial charge in [-0.25, -0.2) is 5.01 Å². The molecule has 0 spiro atoms. The Bertz CT molecular complexity index is 1200. The van der Waals surface area contributed by atoms with Gasteiger partial charge < -0.3 is 9.30 Å². The third-order valence-corrected chi connectivity index (χ3v) is 4.92. The maximum atomic E-state index is 12.9. The number of carbonyl (C=O) groups excluding carboxylic acids is 3. The first-order valence-corrected chi connectivity index (χ1v) is 9.72. The van der Waals surface area contributed by atoms with E-state index in [1.165, 1.54) is 6.08 Å². The number of aromatic nitrogens is 1. The fraction of sp³-hybridized carbons (Fsp3) is 0.136. The van der Waals surface area contributed by atoms with Crippen LogP contribution in [0.3, 0.4) is 0 Å². The SMILES string of the molecule is CCOC(=O)Cn1cc(/C=C2/C(=O)NN(c3cccc(Cl)c3)C2=O)c2ccccc21. The summed E-state index contributed by atoms with van der Waals surface area (Å²) in [5.41, 5.74) is 4.47. The van der Waals surface area contributed by atoms with Crippen LogP contribution in [0.4, 0.5) is 5.69 Å². The zero-order valence-electron chi connectivity index (χ0n) is 16.1. The molecule has 0 saturated carbocycles. The minimum atomic E-state index is -0.512. The lowest BCUT2D eigenvalue weighted by atomic mass is 10.1. The van der Waals surface area contributed by atoms with Crippen LogP contribution >= 0.6 is 11.6 Å². The van der Waals surface area contributed by atoms with Crippen LogP contribution < -0.4 is 10.4 Å². The summed E-state index contributed by atoms with van der Waals surface area (Å²) >= 11 is 6.00. The second-order valence-corrected chi connectivity index (χ2v) is 7.09. The van der Waals surface area contributed by atoms with Gasteiger partial charge in [-0.05, 0) is 37.3 Å². The van der Waals surface area contributed by atoms with Crippen molar-refractivity contribution in [2.75, 3.05) is 11.6 Å². The predicted octanol–water partition coefficient (Wildman–Crippen LogP) is 3.32. The second kappa shape index (κ2) is 8.04. The number of halogens is 1. The summed E-state index contributed by atoms with van der Waals surface area (Å²) < 4.78 is 6.78. The number of esters is 1. The lowest BCUT2D eigenvalue weighted by molar-refractivity contribution is -0.143. The first-order chi connectivity index (χ1) is 14.5. The van der Waals surface area contributed by atoms with Crippen molar-refractivity contribution < 1.29 is 19.1 Å². The molecule has 2 heterocycles. The highest BCUT2D eigenvalue weighted by Gasteiger charge is 2.34. The minimum Gasteiger partial charge on any atom is -0.465 e. The fourth-order valence-electron chi connectivity index (χ4n) is 3.38. The molecular formula is C22H18ClN3O4. The molecule has 152 valence electrons. The molecule has 7 nitrogen and oxygen atoms in total. The Morgan fingerprint density at radius 1 is 1.17 bits per heavy atom. The van der Waals surface area contributed by atoms with Crippen LogP contribution in [0, 0.1) is 0 Å². The molecule has 1 aromatic heterocycles. The summed E-state index contributed by atoms with van der Waals surface area (Å²) in [6.45, 7) is 2.08. The number of carbonyl (C=O) groups is 3. The summed E-state index contributed by atoms with van der Waals surface area (Å²) in [6, 6.07) is 14.1. The highest BCUT2D eigenvalue weighted by Crippen LogP contribution is 2.27. The number of benzene rings is 2. The van der Waals surface area contributed by atoms with Gasteiger partial charge in [0.05, 0.1) is 12.3 Å². The van der Waals surface area contributed by atoms with E-state index in [0.717, 1.165) is 15.9 Å². The van der Waals surface area contributed by atoms with Crippen molar-refractivity contribution in [3.63, 3.8) is 0 Å². The van der Waals surface area contributed by atoms with Crippen molar-refractivity contribution in [1.29, 1.82) is 0 Å². The van der Waals surface area contributed by atoms with E-state index in [1.807, 2.05) is 24.3 Å². The Morgan fingerprint density at radius 3 is 2.73 bits per heavy atom. The van der Waals surface area contributed by atoms with Gasteiger partial charge in [0.2, 0.25) is 0 Å². The van der Waals surface area contributed by atoms with E-state index in [2.05, 4.69) is 5.43 Å². The standard InChI is InChI=1S/C22H18ClN3O4/c1-2-30-20(27)13-25-12-14(17-8-3-4-9-19(17)25)10-18-21(28)24-26(22(18)29)16-7-5-6-15(23)11-16/h3-12H,2,13H2,1H3,(H,24,28)/b18-10-. The van der Waals surface area contributed by atoms with E-state index < -0.39 is 11.8 Å². The first kappa shape index (κ1) is 19.7. The number of para-hydroxylation sites is 1. The van der Waals surface area contributed by atoms with Crippen molar-refractivity contribution >= 4 is 52.1 Å². The molecule has 1 aliphatic rings. The van der Waals surface area contributed by atoms with Crippen molar-refractivity contribution in [3.05, 3.63) is 70.9 Å². The molecule has 4 rings (SSSR count). The first-order valence-electron chi connectivity index (χ1n) is 9.34. The van der Waals surface area contributed by atoms with E-state index in [0.29, 0.717) is 22.9 Å². The monoisotopic (exact) mass is 423 g/mol. The number of anilines is 1. The average molecular weight is 424 g/mol. The minimum absolute atomic E-state index is 0.00554. The van der Waals surface area contributed by atoms with Crippen molar-refractivity contribution in [2.45, 2.75) is 13.5 Å². The maximum absolute atomic E-state index is 12.9. The molecule has 1 aliphatic heterocycles. The van der Waals surface area contributed by atoms with E-state index in [-0.39, 0.29) is 18.1 Å². The molecule has 3 aromatic rings. The van der Waals surface area contributed by atoms with Gasteiger partial charge in [-0.1, -0.05) is 35.9 Å². The molecule has 1 fully saturated rings. The Kier molecular flexibility index (Phi) is 5.29. The summed E-state index contributed by atoms with van der Waals surface area (Å²) in [6.07, 6.45) is 3.27. The smallest absolute Gasteiger partial charge is 0.325 e. The number of ether oxygens (including phenoxy) is 1. The van der Waals surface area contributed by atoms with Crippen LogP contribution in [0.1, 0.15) is 12.5 Å². The zero-order valence-corrected chi connectivity index (χ0v) is 16.8. The van der Waals surface area contributed by atoms with Crippen molar-refractivity contribution in [2.24, 2.45) is 0 Å². The summed E-state index contributed by atoms with van der Waals surface area (Å²) in [7, 11) is 0. The summed E-state index contributed by atoms with van der Waals surface area (Å²) in [5, 5.41) is 2.43. The molecular weight excluding hydrogens is 406 g/mol. The van der Waals surface area contributed by atoms with Gasteiger partial charge in [-0.2, -0.15) is 0 Å². The van der Waals surface area contributed by atoms with Crippen LogP contribution in [0.2, 0.25) is 5.02 Å². The zero-order chi connectivity index (χ0) is 21.3. The lowest BCUT2D eigenvalue weighted by Gasteiger charge is -2.14. The number of nitrogens with one attached hydrogen (secondary N) is 1. The molecule has 1 N–H and O–H groups in total. The average Bonchev–Trinajstić information content (AvgIpc) is 3.21. The topological polar surface area (TPSA) is 80.6 Å². The second-order valence-electron chi connectivity index (χ2n) is 6.65. The Labute approximate surface area is 177 Å². The number of nitrogens with zero attached hydrogens (tertiary/aromatic N) is 2. The van der Waals surface area contributed by atoms with Crippen LogP contribution in [-0.2, 0) is 25.7 Å². The maximum Gasteiger partial charge on any atom is 0.325 e. The van der Waals surface area contributed by atoms with Crippen LogP contribution in [0.5, 0.6) is 0 Å². The molecule has 0 aliphatic carbocycles. The highest BCUT2D eigenvalue weighted by molar-refractivity contribution is 6.33. The largest absolute Gasteiger partial charge is 0.465 e. The molecule has 0 radical (unpaired) electrons. The van der Waals surface area contributed by atoms with Gasteiger partial charge in [0.1, 0.15) is 12.1 Å². The third-order valence-electron chi connectivity index (χ3n) is 4.68. The molecule has 1 saturated heterocycles. The number of hydrogen-bond donors (Lipinski definition) is 1. The van der Waals surface area contributed by atoms with E-state index in [1.54, 1.807) is 42.0 Å². The molecule has 2 aromatic carbocycles. The number of fused-ring (bicyclic) bond motifs is 1. The molecule has 0 unspecified atom stereocenters. The summed E-state index contributed by atoms with van der Waals surface area (Å²) in [5.74, 6) is -1.36.